The fraction of sp³-hybridized carbons (Fsp3) is 0.378. The second kappa shape index (κ2) is 11.4. The zero-order valence-electron chi connectivity index (χ0n) is 26.4. The number of hydrogen-bond donors (Lipinski definition) is 2. The predicted octanol–water partition coefficient (Wildman–Crippen LogP) is 5.61. The zero-order valence-corrected chi connectivity index (χ0v) is 26.4. The highest BCUT2D eigenvalue weighted by Crippen LogP contribution is 2.43. The van der Waals surface area contributed by atoms with E-state index in [1.165, 1.54) is 30.5 Å². The van der Waals surface area contributed by atoms with Gasteiger partial charge in [-0.05, 0) is 74.7 Å². The molecule has 11 heteroatoms. The van der Waals surface area contributed by atoms with Crippen molar-refractivity contribution in [1.29, 1.82) is 0 Å². The Hall–Kier alpha value is -4.84. The summed E-state index contributed by atoms with van der Waals surface area (Å²) >= 11 is 0. The Balaban J connectivity index is 1.28. The van der Waals surface area contributed by atoms with Crippen molar-refractivity contribution in [1.82, 2.24) is 25.2 Å². The van der Waals surface area contributed by atoms with Gasteiger partial charge in [-0.3, -0.25) is 15.2 Å². The van der Waals surface area contributed by atoms with Crippen LogP contribution in [0.5, 0.6) is 11.8 Å². The molecule has 4 saturated heterocycles. The second-order valence-corrected chi connectivity index (χ2v) is 13.4. The van der Waals surface area contributed by atoms with Crippen LogP contribution in [0.3, 0.4) is 0 Å². The molecule has 0 aliphatic carbocycles. The van der Waals surface area contributed by atoms with Gasteiger partial charge in [-0.1, -0.05) is 17.9 Å². The topological polar surface area (TPSA) is 86.6 Å². The lowest BCUT2D eigenvalue weighted by atomic mass is 9.94. The van der Waals surface area contributed by atoms with Crippen LogP contribution in [0.15, 0.2) is 42.4 Å². The molecule has 8 nitrogen and oxygen atoms in total. The first-order valence-electron chi connectivity index (χ1n) is 16.2. The van der Waals surface area contributed by atoms with Crippen molar-refractivity contribution in [2.24, 2.45) is 0 Å². The third-order valence-corrected chi connectivity index (χ3v) is 10.4. The predicted molar refractivity (Wildman–Crippen MR) is 177 cm³/mol. The third-order valence-electron chi connectivity index (χ3n) is 10.4. The Morgan fingerprint density at radius 3 is 2.92 bits per heavy atom. The highest BCUT2D eigenvalue weighted by atomic mass is 19.1. The minimum Gasteiger partial charge on any atom is -0.508 e. The average Bonchev–Trinajstić information content (AvgIpc) is 3.73. The number of terminal acetylenes is 1. The number of nitrogens with one attached hydrogen (secondary N) is 1. The first-order valence-corrected chi connectivity index (χ1v) is 16.2. The standard InChI is InChI=1S/C37H33F3N6O2/c1-3-9-36-11-8-24(44-36)19-45(20-36)34-28-17-41-32(27-14-25(47)13-23-6-7-29(39)26(4-2)30(23)27)31(40)33(28)42-35(43-34)48-21-37-10-5-12-46(37)18-22(15-37)16-38/h2,6-7,13-14,16-17,24,44,47H,5,8,10-12,15,18-21H2,1H3/b22-16+/t24-,36+,37-/m0/s1. The molecular formula is C37H33F3N6O2. The summed E-state index contributed by atoms with van der Waals surface area (Å²) in [5, 5.41) is 15.3. The van der Waals surface area contributed by atoms with Crippen LogP contribution >= 0.6 is 0 Å². The van der Waals surface area contributed by atoms with Crippen molar-refractivity contribution < 1.29 is 23.0 Å². The zero-order chi connectivity index (χ0) is 33.2. The van der Waals surface area contributed by atoms with Gasteiger partial charge in [0.1, 0.15) is 35.2 Å². The first-order chi connectivity index (χ1) is 23.2. The number of benzene rings is 2. The lowest BCUT2D eigenvalue weighted by Crippen LogP contribution is -2.59. The highest BCUT2D eigenvalue weighted by Gasteiger charge is 2.48. The largest absolute Gasteiger partial charge is 0.508 e. The maximum Gasteiger partial charge on any atom is 0.319 e. The molecule has 48 heavy (non-hydrogen) atoms. The van der Waals surface area contributed by atoms with Crippen molar-refractivity contribution in [3.63, 3.8) is 0 Å². The molecule has 2 bridgehead atoms. The number of rotatable bonds is 5. The fourth-order valence-corrected chi connectivity index (χ4v) is 8.33. The molecule has 0 saturated carbocycles. The van der Waals surface area contributed by atoms with Gasteiger partial charge in [0.2, 0.25) is 0 Å². The summed E-state index contributed by atoms with van der Waals surface area (Å²) in [6.07, 6.45) is 12.1. The second-order valence-electron chi connectivity index (χ2n) is 13.4. The lowest BCUT2D eigenvalue weighted by molar-refractivity contribution is 0.108. The number of nitrogens with zero attached hydrogens (tertiary/aromatic N) is 5. The van der Waals surface area contributed by atoms with Crippen LogP contribution in [0.4, 0.5) is 19.0 Å². The summed E-state index contributed by atoms with van der Waals surface area (Å²) in [6, 6.07) is 5.61. The van der Waals surface area contributed by atoms with Crippen molar-refractivity contribution in [2.45, 2.75) is 56.1 Å². The van der Waals surface area contributed by atoms with Crippen molar-refractivity contribution in [2.75, 3.05) is 37.7 Å². The Morgan fingerprint density at radius 2 is 2.10 bits per heavy atom. The number of fused-ring (bicyclic) bond motifs is 5. The fourth-order valence-electron chi connectivity index (χ4n) is 8.33. The Kier molecular flexibility index (Phi) is 7.24. The summed E-state index contributed by atoms with van der Waals surface area (Å²) in [5.74, 6) is 7.66. The summed E-state index contributed by atoms with van der Waals surface area (Å²) in [5.41, 5.74) is -0.205. The smallest absolute Gasteiger partial charge is 0.319 e. The molecule has 0 radical (unpaired) electrons. The van der Waals surface area contributed by atoms with E-state index >= 15 is 4.39 Å². The molecule has 0 unspecified atom stereocenters. The van der Waals surface area contributed by atoms with E-state index in [9.17, 15) is 13.9 Å². The SMILES string of the molecule is C#Cc1c(F)ccc2cc(O)cc(-c3ncc4c(N5C[C@@H]6CC[C@](C#CC)(C5)N6)nc(OC[C@@]56CCCN5C/C(=C/F)C6)nc4c3F)c12. The van der Waals surface area contributed by atoms with Crippen LogP contribution in [0.1, 0.15) is 44.6 Å². The number of phenolic OH excluding ortho intramolecular Hbond substituents is 1. The van der Waals surface area contributed by atoms with Crippen LogP contribution in [-0.4, -0.2) is 74.9 Å². The Labute approximate surface area is 276 Å². The number of halogens is 3. The van der Waals surface area contributed by atoms with Crippen molar-refractivity contribution in [3.05, 3.63) is 59.6 Å². The molecule has 2 N–H and O–H groups in total. The van der Waals surface area contributed by atoms with Crippen LogP contribution in [0.2, 0.25) is 0 Å². The Morgan fingerprint density at radius 1 is 1.23 bits per heavy atom. The molecule has 0 amide bonds. The maximum atomic E-state index is 16.9. The number of aromatic nitrogens is 3. The van der Waals surface area contributed by atoms with Crippen LogP contribution < -0.4 is 15.0 Å². The minimum absolute atomic E-state index is 0.00918. The van der Waals surface area contributed by atoms with Gasteiger partial charge in [0.05, 0.1) is 28.4 Å². The molecule has 8 rings (SSSR count). The van der Waals surface area contributed by atoms with E-state index in [1.807, 2.05) is 6.92 Å². The molecule has 2 aromatic carbocycles. The van der Waals surface area contributed by atoms with Crippen molar-refractivity contribution in [3.8, 4) is 47.2 Å². The van der Waals surface area contributed by atoms with Crippen LogP contribution in [-0.2, 0) is 0 Å². The number of ether oxygens (including phenoxy) is 1. The molecule has 3 atom stereocenters. The summed E-state index contributed by atoms with van der Waals surface area (Å²) < 4.78 is 51.7. The monoisotopic (exact) mass is 650 g/mol. The van der Waals surface area contributed by atoms with E-state index in [0.29, 0.717) is 49.0 Å². The van der Waals surface area contributed by atoms with Gasteiger partial charge in [0, 0.05) is 42.8 Å². The van der Waals surface area contributed by atoms with E-state index < -0.39 is 17.2 Å². The molecule has 6 heterocycles. The van der Waals surface area contributed by atoms with E-state index in [4.69, 9.17) is 16.1 Å². The van der Waals surface area contributed by atoms with Crippen LogP contribution in [0, 0.1) is 35.8 Å². The average molecular weight is 651 g/mol. The molecule has 0 spiro atoms. The molecule has 4 aromatic rings. The first kappa shape index (κ1) is 30.5. The quantitative estimate of drug-likeness (QED) is 0.270. The summed E-state index contributed by atoms with van der Waals surface area (Å²) in [7, 11) is 0. The molecule has 2 aromatic heterocycles. The van der Waals surface area contributed by atoms with E-state index in [0.717, 1.165) is 37.8 Å². The van der Waals surface area contributed by atoms with Gasteiger partial charge in [-0.25, -0.2) is 13.2 Å². The number of aromatic hydroxyl groups is 1. The van der Waals surface area contributed by atoms with E-state index in [-0.39, 0.29) is 57.7 Å². The number of piperazine rings is 1. The molecule has 4 aliphatic rings. The number of hydrogen-bond acceptors (Lipinski definition) is 8. The van der Waals surface area contributed by atoms with Crippen LogP contribution in [0.25, 0.3) is 32.9 Å². The van der Waals surface area contributed by atoms with Gasteiger partial charge in [-0.2, -0.15) is 9.97 Å². The van der Waals surface area contributed by atoms with E-state index in [1.54, 1.807) is 0 Å². The minimum atomic E-state index is -0.787. The van der Waals surface area contributed by atoms with Gasteiger partial charge in [0.15, 0.2) is 5.82 Å². The van der Waals surface area contributed by atoms with Gasteiger partial charge in [0.25, 0.3) is 0 Å². The van der Waals surface area contributed by atoms with Gasteiger partial charge >= 0.3 is 6.01 Å². The number of phenols is 1. The molecule has 244 valence electrons. The molecular weight excluding hydrogens is 617 g/mol. The summed E-state index contributed by atoms with van der Waals surface area (Å²) in [4.78, 5) is 18.3. The third kappa shape index (κ3) is 4.84. The number of anilines is 1. The highest BCUT2D eigenvalue weighted by molar-refractivity contribution is 6.03. The molecule has 4 aliphatic heterocycles. The number of pyridine rings is 1. The van der Waals surface area contributed by atoms with E-state index in [2.05, 4.69) is 42.8 Å². The lowest BCUT2D eigenvalue weighted by Gasteiger charge is -2.39. The van der Waals surface area contributed by atoms with Crippen molar-refractivity contribution >= 4 is 27.5 Å². The molecule has 4 fully saturated rings. The maximum absolute atomic E-state index is 16.9. The summed E-state index contributed by atoms with van der Waals surface area (Å²) in [6.45, 7) is 4.56. The van der Waals surface area contributed by atoms with Gasteiger partial charge < -0.3 is 14.7 Å². The normalized spacial score (nSPS) is 25.8. The van der Waals surface area contributed by atoms with Gasteiger partial charge in [-0.15, -0.1) is 12.3 Å². The Bertz CT molecular complexity index is 2140.